The summed E-state index contributed by atoms with van der Waals surface area (Å²) in [6.45, 7) is 19.8. The monoisotopic (exact) mass is 1870 g/mol. The van der Waals surface area contributed by atoms with E-state index in [-0.39, 0.29) is 84.7 Å². The molecule has 2 aromatic heterocycles. The van der Waals surface area contributed by atoms with Crippen LogP contribution in [0.4, 0.5) is 29.7 Å². The molecule has 20 rings (SSSR count). The third kappa shape index (κ3) is 22.8. The molecular formula is C117H132F2N12O8. The maximum atomic E-state index is 13.6. The second-order valence-electron chi connectivity index (χ2n) is 38.5. The summed E-state index contributed by atoms with van der Waals surface area (Å²) in [6.07, 6.45) is 13.5. The second-order valence-corrected chi connectivity index (χ2v) is 38.5. The molecule has 139 heavy (non-hydrogen) atoms. The van der Waals surface area contributed by atoms with Crippen molar-refractivity contribution in [1.29, 1.82) is 0 Å². The number of pyridine rings is 2. The normalized spacial score (nSPS) is 22.6. The summed E-state index contributed by atoms with van der Waals surface area (Å²) in [6, 6.07) is 91.8. The van der Waals surface area contributed by atoms with Crippen molar-refractivity contribution < 1.29 is 47.6 Å². The van der Waals surface area contributed by atoms with E-state index in [1.54, 1.807) is 57.1 Å². The number of carbonyl (C=O) groups excluding carboxylic acids is 4. The highest BCUT2D eigenvalue weighted by Crippen LogP contribution is 2.48. The van der Waals surface area contributed by atoms with E-state index >= 15 is 0 Å². The summed E-state index contributed by atoms with van der Waals surface area (Å²) in [5.74, 6) is 0.551. The van der Waals surface area contributed by atoms with Crippen molar-refractivity contribution in [3.63, 3.8) is 0 Å². The second kappa shape index (κ2) is 46.5. The largest absolute Gasteiger partial charge is 0.395 e. The Morgan fingerprint density at radius 1 is 0.360 bits per heavy atom. The van der Waals surface area contributed by atoms with Crippen molar-refractivity contribution in [3.8, 4) is 44.5 Å². The number of aliphatic hydroxyl groups excluding tert-OH is 2. The van der Waals surface area contributed by atoms with Crippen LogP contribution in [-0.4, -0.2) is 251 Å². The van der Waals surface area contributed by atoms with Gasteiger partial charge in [0.15, 0.2) is 0 Å². The van der Waals surface area contributed by atoms with Crippen LogP contribution in [0, 0.1) is 39.3 Å². The van der Waals surface area contributed by atoms with E-state index in [4.69, 9.17) is 9.47 Å². The number of anilines is 2. The molecule has 0 spiro atoms. The summed E-state index contributed by atoms with van der Waals surface area (Å²) < 4.78 is 38.1. The first-order valence-corrected chi connectivity index (χ1v) is 49.8. The lowest BCUT2D eigenvalue weighted by Crippen LogP contribution is -2.68. The Kier molecular flexibility index (Phi) is 32.9. The lowest BCUT2D eigenvalue weighted by molar-refractivity contribution is -0.136. The van der Waals surface area contributed by atoms with E-state index in [0.29, 0.717) is 98.8 Å². The smallest absolute Gasteiger partial charge is 0.321 e. The van der Waals surface area contributed by atoms with Gasteiger partial charge in [0.2, 0.25) is 5.91 Å². The van der Waals surface area contributed by atoms with Gasteiger partial charge in [-0.3, -0.25) is 39.2 Å². The number of nitrogens with one attached hydrogen (secondary N) is 2. The molecule has 10 heterocycles. The molecule has 8 fully saturated rings. The fraction of sp³-hybridized carbons (Fsp3) is 0.368. The van der Waals surface area contributed by atoms with Gasteiger partial charge < -0.3 is 49.9 Å². The average molecular weight is 1870 g/mol. The number of halogens is 2. The summed E-state index contributed by atoms with van der Waals surface area (Å²) in [5.41, 5.74) is 22.5. The Hall–Kier alpha value is -12.5. The topological polar surface area (TPSA) is 203 Å². The number of aromatic nitrogens is 2. The number of urea groups is 2. The highest BCUT2D eigenvalue weighted by molar-refractivity contribution is 5.94. The van der Waals surface area contributed by atoms with Gasteiger partial charge in [0.1, 0.15) is 11.6 Å². The van der Waals surface area contributed by atoms with Gasteiger partial charge in [-0.05, 0) is 261 Å². The van der Waals surface area contributed by atoms with Gasteiger partial charge >= 0.3 is 12.1 Å². The fourth-order valence-electron chi connectivity index (χ4n) is 22.9. The molecule has 8 saturated heterocycles. The predicted molar refractivity (Wildman–Crippen MR) is 548 cm³/mol. The van der Waals surface area contributed by atoms with Gasteiger partial charge in [-0.2, -0.15) is 0 Å². The maximum absolute atomic E-state index is 13.6. The molecule has 722 valence electrons. The molecule has 0 saturated carbocycles. The van der Waals surface area contributed by atoms with Gasteiger partial charge in [-0.1, -0.05) is 206 Å². The highest BCUT2D eigenvalue weighted by Gasteiger charge is 2.54. The van der Waals surface area contributed by atoms with Crippen LogP contribution >= 0.6 is 0 Å². The van der Waals surface area contributed by atoms with Crippen molar-refractivity contribution in [1.82, 2.24) is 49.2 Å². The van der Waals surface area contributed by atoms with E-state index < -0.39 is 0 Å². The number of aryl methyl sites for hydroxylation is 4. The number of nitrogens with zero attached hydrogens (tertiary/aromatic N) is 10. The molecule has 0 unspecified atom stereocenters. The summed E-state index contributed by atoms with van der Waals surface area (Å²) >= 11 is 0. The fourth-order valence-corrected chi connectivity index (χ4v) is 22.9. The molecule has 0 aliphatic carbocycles. The first kappa shape index (κ1) is 98.1. The van der Waals surface area contributed by atoms with Gasteiger partial charge in [0.25, 0.3) is 5.91 Å². The molecule has 4 N–H and O–H groups in total. The summed E-state index contributed by atoms with van der Waals surface area (Å²) in [5, 5.41) is 26.2. The number of benzene rings is 10. The molecule has 22 heteroatoms. The molecule has 0 radical (unpaired) electrons. The zero-order valence-corrected chi connectivity index (χ0v) is 80.9. The third-order valence-corrected chi connectivity index (χ3v) is 30.1. The van der Waals surface area contributed by atoms with Crippen molar-refractivity contribution in [2.75, 3.05) is 130 Å². The molecule has 8 aliphatic rings. The number of hydrogen-bond acceptors (Lipinski definition) is 14. The number of fused-ring (bicyclic) bond motifs is 4. The number of aliphatic hydroxyl groups is 2. The zero-order chi connectivity index (χ0) is 96.4. The van der Waals surface area contributed by atoms with Crippen LogP contribution in [0.5, 0.6) is 0 Å². The van der Waals surface area contributed by atoms with Crippen molar-refractivity contribution in [3.05, 3.63) is 359 Å². The Balaban J connectivity index is 0.000000128. The van der Waals surface area contributed by atoms with E-state index in [9.17, 15) is 38.2 Å². The molecule has 6 amide bonds. The molecule has 0 bridgehead atoms. The average Bonchev–Trinajstić information content (AvgIpc) is 0.747. The Labute approximate surface area is 818 Å². The van der Waals surface area contributed by atoms with E-state index in [1.165, 1.54) is 113 Å². The first-order valence-electron chi connectivity index (χ1n) is 49.8. The van der Waals surface area contributed by atoms with Crippen molar-refractivity contribution in [2.24, 2.45) is 0 Å². The van der Waals surface area contributed by atoms with Crippen LogP contribution in [-0.2, 0) is 20.7 Å². The standard InChI is InChI=1S/C30H35N3O2.2C29H32FN3O2.C29H33N3O2/c1-22-9-3-4-11-26(22)23-12-14-24(15-13-23)30-27-20-32(29(34)19-25-10-5-6-16-31-25)17-7-8-18-33(27)28(30)21-35-2;1-20-7-2-3-10-25(20)21-11-13-22(14-12-21)28-26-18-32(15-4-5-16-33(26)27(28)19-34)29(35)31-24-9-6-8-23(30)17-24;1-20-6-2-3-7-25(20)21-8-10-22(11-9-21)28-26-18-32(16-4-5-17-33(26)27(28)19-34)29(35)31-24-14-12-23(30)13-15-24;1-21-8-3-4-10-25(21)22-11-13-23(14-12-22)28-26-19-31(29(33)24-9-7-15-30-18-24)16-5-6-17-32(26)27(28)20-34-2/h3-6,9-16,27-28,30H,7-8,17-21H2,1-2H3;2-3,6-14,17,26-28,34H,4-5,15-16,18-19H2,1H3,(H,31,35);2-3,6-15,26-28,34H,4-5,16-19H2,1H3,(H,31,35);3-4,7-15,18,26-28H,5-6,16-17,19-20H2,1-2H3/t27-,28-,30-;2*26-,27+,28+;26-,27+,28-/m0000/s1. The number of ether oxygens (including phenoxy) is 2. The van der Waals surface area contributed by atoms with Crippen LogP contribution in [0.1, 0.15) is 136 Å². The Morgan fingerprint density at radius 3 is 1.09 bits per heavy atom. The lowest BCUT2D eigenvalue weighted by Gasteiger charge is -2.57. The number of methoxy groups -OCH3 is 2. The molecular weight excluding hydrogens is 1740 g/mol. The quantitative estimate of drug-likeness (QED) is 0.0595. The van der Waals surface area contributed by atoms with E-state index in [1.807, 2.05) is 51.1 Å². The van der Waals surface area contributed by atoms with Crippen LogP contribution in [0.3, 0.4) is 0 Å². The molecule has 12 aromatic rings. The summed E-state index contributed by atoms with van der Waals surface area (Å²) in [7, 11) is 3.58. The maximum Gasteiger partial charge on any atom is 0.321 e. The van der Waals surface area contributed by atoms with E-state index in [2.05, 4.69) is 261 Å². The minimum atomic E-state index is -0.374. The Bertz CT molecular complexity index is 6070. The van der Waals surface area contributed by atoms with Crippen LogP contribution in [0.15, 0.2) is 292 Å². The lowest BCUT2D eigenvalue weighted by atomic mass is 9.74. The zero-order valence-electron chi connectivity index (χ0n) is 80.9. The third-order valence-electron chi connectivity index (χ3n) is 30.1. The van der Waals surface area contributed by atoms with Gasteiger partial charge in [0, 0.05) is 174 Å². The first-order chi connectivity index (χ1) is 67.9. The highest BCUT2D eigenvalue weighted by atomic mass is 19.1. The van der Waals surface area contributed by atoms with Gasteiger partial charge in [-0.15, -0.1) is 0 Å². The van der Waals surface area contributed by atoms with Crippen LogP contribution in [0.2, 0.25) is 0 Å². The molecule has 12 atom stereocenters. The van der Waals surface area contributed by atoms with E-state index in [0.717, 1.165) is 109 Å². The Morgan fingerprint density at radius 2 is 0.719 bits per heavy atom. The number of rotatable bonds is 19. The number of carbonyl (C=O) groups is 4. The molecule has 20 nitrogen and oxygen atoms in total. The molecule has 8 aliphatic heterocycles. The van der Waals surface area contributed by atoms with Crippen molar-refractivity contribution >= 4 is 35.3 Å². The number of hydrogen-bond donors (Lipinski definition) is 4. The minimum Gasteiger partial charge on any atom is -0.395 e. The van der Waals surface area contributed by atoms with Crippen LogP contribution < -0.4 is 10.6 Å². The number of amides is 6. The van der Waals surface area contributed by atoms with Gasteiger partial charge in [0.05, 0.1) is 38.4 Å². The minimum absolute atomic E-state index is 0.0514. The van der Waals surface area contributed by atoms with Gasteiger partial charge in [-0.25, -0.2) is 18.4 Å². The SMILES string of the molecule is COC[C@@H]1[C@@H](c2ccc(-c3ccccc3C)cc2)[C@@H]2CN(C(=O)c3cccnc3)CCCCN12.COC[C@H]1[C@@H](c2ccc(-c3ccccc3C)cc2)[C@@H]2CN(C(=O)Cc3ccccn3)CCCCN12.Cc1ccccc1-c1ccc([C@H]2[C@@H](CO)N3CCCCN(C(=O)Nc4ccc(F)cc4)C[C@@H]23)cc1.Cc1ccccc1-c1ccc([C@H]2[C@@H](CO)N3CCCCN(C(=O)Nc4cccc(F)c4)C[C@@H]23)cc1. The predicted octanol–water partition coefficient (Wildman–Crippen LogP) is 20.0. The molecule has 10 aromatic carbocycles. The van der Waals surface area contributed by atoms with Crippen LogP contribution in [0.25, 0.3) is 44.5 Å². The summed E-state index contributed by atoms with van der Waals surface area (Å²) in [4.78, 5) is 78.8. The van der Waals surface area contributed by atoms with Crippen molar-refractivity contribution in [2.45, 2.75) is 157 Å².